The Labute approximate surface area is 99.5 Å². The highest BCUT2D eigenvalue weighted by Gasteiger charge is 2.25. The normalized spacial score (nSPS) is 13.2. The minimum Gasteiger partial charge on any atom is -0.293 e. The number of nitrogens with zero attached hydrogens (tertiary/aromatic N) is 1. The monoisotopic (exact) mass is 229 g/mol. The predicted molar refractivity (Wildman–Crippen MR) is 67.8 cm³/mol. The molecule has 1 amide bonds. The van der Waals surface area contributed by atoms with Crippen LogP contribution >= 0.6 is 0 Å². The van der Waals surface area contributed by atoms with Crippen molar-refractivity contribution in [3.63, 3.8) is 0 Å². The Morgan fingerprint density at radius 1 is 1.31 bits per heavy atom. The SMILES string of the molecule is CCCCCN(C(C)C)C(CC)C(=O)NN. The van der Waals surface area contributed by atoms with Crippen LogP contribution in [0.3, 0.4) is 0 Å². The molecule has 0 saturated heterocycles. The molecule has 0 saturated carbocycles. The Bertz CT molecular complexity index is 195. The van der Waals surface area contributed by atoms with Gasteiger partial charge in [0.2, 0.25) is 0 Å². The van der Waals surface area contributed by atoms with Crippen molar-refractivity contribution in [1.29, 1.82) is 0 Å². The molecule has 4 heteroatoms. The number of carbonyl (C=O) groups is 1. The molecule has 1 atom stereocenters. The van der Waals surface area contributed by atoms with E-state index in [9.17, 15) is 4.79 Å². The topological polar surface area (TPSA) is 58.4 Å². The van der Waals surface area contributed by atoms with Gasteiger partial charge >= 0.3 is 0 Å². The number of unbranched alkanes of at least 4 members (excludes halogenated alkanes) is 2. The number of hydrazine groups is 1. The minimum atomic E-state index is -0.0955. The third-order valence-corrected chi connectivity index (χ3v) is 2.92. The van der Waals surface area contributed by atoms with Crippen LogP contribution in [-0.4, -0.2) is 29.4 Å². The maximum atomic E-state index is 11.6. The van der Waals surface area contributed by atoms with E-state index in [1.165, 1.54) is 12.8 Å². The van der Waals surface area contributed by atoms with Gasteiger partial charge in [-0.3, -0.25) is 15.1 Å². The number of nitrogens with two attached hydrogens (primary N) is 1. The second-order valence-electron chi connectivity index (χ2n) is 4.47. The Morgan fingerprint density at radius 3 is 2.31 bits per heavy atom. The first kappa shape index (κ1) is 15.4. The quantitative estimate of drug-likeness (QED) is 0.288. The second-order valence-corrected chi connectivity index (χ2v) is 4.47. The zero-order valence-electron chi connectivity index (χ0n) is 11.1. The summed E-state index contributed by atoms with van der Waals surface area (Å²) < 4.78 is 0. The Morgan fingerprint density at radius 2 is 1.94 bits per heavy atom. The molecule has 16 heavy (non-hydrogen) atoms. The number of amides is 1. The van der Waals surface area contributed by atoms with E-state index in [0.717, 1.165) is 19.4 Å². The first-order valence-corrected chi connectivity index (χ1v) is 6.34. The molecule has 3 N–H and O–H groups in total. The lowest BCUT2D eigenvalue weighted by Gasteiger charge is -2.33. The first-order chi connectivity index (χ1) is 7.58. The number of rotatable bonds is 8. The van der Waals surface area contributed by atoms with E-state index in [1.54, 1.807) is 0 Å². The van der Waals surface area contributed by atoms with Gasteiger partial charge in [-0.25, -0.2) is 5.84 Å². The standard InChI is InChI=1S/C12H27N3O/c1-5-7-8-9-15(10(3)4)11(6-2)12(16)14-13/h10-11H,5-9,13H2,1-4H3,(H,14,16). The molecule has 0 aliphatic heterocycles. The van der Waals surface area contributed by atoms with E-state index < -0.39 is 0 Å². The number of nitrogens with one attached hydrogen (secondary N) is 1. The second kappa shape index (κ2) is 8.53. The molecule has 96 valence electrons. The van der Waals surface area contributed by atoms with Gasteiger partial charge in [0, 0.05) is 6.04 Å². The van der Waals surface area contributed by atoms with Crippen molar-refractivity contribution in [3.05, 3.63) is 0 Å². The molecule has 0 aromatic carbocycles. The van der Waals surface area contributed by atoms with Crippen LogP contribution < -0.4 is 11.3 Å². The van der Waals surface area contributed by atoms with Crippen LogP contribution in [0.2, 0.25) is 0 Å². The minimum absolute atomic E-state index is 0.0762. The maximum Gasteiger partial charge on any atom is 0.251 e. The molecule has 0 fully saturated rings. The lowest BCUT2D eigenvalue weighted by molar-refractivity contribution is -0.127. The fourth-order valence-corrected chi connectivity index (χ4v) is 1.99. The van der Waals surface area contributed by atoms with Crippen molar-refractivity contribution in [2.24, 2.45) is 5.84 Å². The van der Waals surface area contributed by atoms with Crippen LogP contribution in [0.4, 0.5) is 0 Å². The first-order valence-electron chi connectivity index (χ1n) is 6.34. The van der Waals surface area contributed by atoms with Crippen LogP contribution in [0.15, 0.2) is 0 Å². The predicted octanol–water partition coefficient (Wildman–Crippen LogP) is 1.66. The lowest BCUT2D eigenvalue weighted by atomic mass is 10.1. The molecule has 0 radical (unpaired) electrons. The van der Waals surface area contributed by atoms with Crippen LogP contribution in [0, 0.1) is 0 Å². The number of carbonyl (C=O) groups excluding carboxylic acids is 1. The zero-order valence-corrected chi connectivity index (χ0v) is 11.1. The lowest BCUT2D eigenvalue weighted by Crippen LogP contribution is -2.51. The summed E-state index contributed by atoms with van der Waals surface area (Å²) in [6.07, 6.45) is 4.35. The molecule has 0 aliphatic carbocycles. The zero-order chi connectivity index (χ0) is 12.6. The summed E-state index contributed by atoms with van der Waals surface area (Å²) in [5, 5.41) is 0. The van der Waals surface area contributed by atoms with Crippen LogP contribution in [0.5, 0.6) is 0 Å². The average molecular weight is 229 g/mol. The molecule has 1 unspecified atom stereocenters. The summed E-state index contributed by atoms with van der Waals surface area (Å²) in [6, 6.07) is 0.279. The smallest absolute Gasteiger partial charge is 0.251 e. The van der Waals surface area contributed by atoms with Crippen molar-refractivity contribution < 1.29 is 4.79 Å². The van der Waals surface area contributed by atoms with E-state index in [-0.39, 0.29) is 11.9 Å². The van der Waals surface area contributed by atoms with Crippen molar-refractivity contribution >= 4 is 5.91 Å². The van der Waals surface area contributed by atoms with Gasteiger partial charge in [0.25, 0.3) is 5.91 Å². The van der Waals surface area contributed by atoms with Gasteiger partial charge in [-0.15, -0.1) is 0 Å². The van der Waals surface area contributed by atoms with E-state index in [1.807, 2.05) is 6.92 Å². The van der Waals surface area contributed by atoms with Gasteiger partial charge < -0.3 is 0 Å². The summed E-state index contributed by atoms with van der Waals surface area (Å²) in [6.45, 7) is 9.42. The van der Waals surface area contributed by atoms with Crippen molar-refractivity contribution in [3.8, 4) is 0 Å². The van der Waals surface area contributed by atoms with Gasteiger partial charge in [-0.2, -0.15) is 0 Å². The summed E-state index contributed by atoms with van der Waals surface area (Å²) in [5.74, 6) is 5.14. The van der Waals surface area contributed by atoms with Crippen LogP contribution in [-0.2, 0) is 4.79 Å². The molecule has 0 spiro atoms. The van der Waals surface area contributed by atoms with Crippen LogP contribution in [0.1, 0.15) is 53.4 Å². The number of hydrogen-bond acceptors (Lipinski definition) is 3. The van der Waals surface area contributed by atoms with Crippen molar-refractivity contribution in [2.75, 3.05) is 6.54 Å². The Kier molecular flexibility index (Phi) is 8.21. The molecule has 0 heterocycles. The summed E-state index contributed by atoms with van der Waals surface area (Å²) in [5.41, 5.74) is 2.26. The molecule has 0 bridgehead atoms. The van der Waals surface area contributed by atoms with Gasteiger partial charge in [0.05, 0.1) is 6.04 Å². The van der Waals surface area contributed by atoms with Crippen molar-refractivity contribution in [1.82, 2.24) is 10.3 Å². The highest BCUT2D eigenvalue weighted by Crippen LogP contribution is 2.11. The largest absolute Gasteiger partial charge is 0.293 e. The van der Waals surface area contributed by atoms with E-state index in [2.05, 4.69) is 31.1 Å². The molecule has 0 aromatic heterocycles. The average Bonchev–Trinajstić information content (AvgIpc) is 2.27. The van der Waals surface area contributed by atoms with E-state index >= 15 is 0 Å². The van der Waals surface area contributed by atoms with Gasteiger partial charge in [0.1, 0.15) is 0 Å². The molecule has 0 rings (SSSR count). The Balaban J connectivity index is 4.41. The number of hydrogen-bond donors (Lipinski definition) is 2. The van der Waals surface area contributed by atoms with Gasteiger partial charge in [0.15, 0.2) is 0 Å². The molecule has 4 nitrogen and oxygen atoms in total. The highest BCUT2D eigenvalue weighted by atomic mass is 16.2. The van der Waals surface area contributed by atoms with Gasteiger partial charge in [-0.05, 0) is 33.2 Å². The molecular weight excluding hydrogens is 202 g/mol. The maximum absolute atomic E-state index is 11.6. The summed E-state index contributed by atoms with van der Waals surface area (Å²) >= 11 is 0. The molecule has 0 aliphatic rings. The summed E-state index contributed by atoms with van der Waals surface area (Å²) in [4.78, 5) is 13.9. The molecular formula is C12H27N3O. The fourth-order valence-electron chi connectivity index (χ4n) is 1.99. The Hall–Kier alpha value is -0.610. The highest BCUT2D eigenvalue weighted by molar-refractivity contribution is 5.81. The molecule has 0 aromatic rings. The summed E-state index contributed by atoms with van der Waals surface area (Å²) in [7, 11) is 0. The third-order valence-electron chi connectivity index (χ3n) is 2.92. The third kappa shape index (κ3) is 4.94. The fraction of sp³-hybridized carbons (Fsp3) is 0.917. The van der Waals surface area contributed by atoms with E-state index in [4.69, 9.17) is 5.84 Å². The van der Waals surface area contributed by atoms with Gasteiger partial charge in [-0.1, -0.05) is 26.7 Å². The van der Waals surface area contributed by atoms with Crippen molar-refractivity contribution in [2.45, 2.75) is 65.5 Å². The van der Waals surface area contributed by atoms with E-state index in [0.29, 0.717) is 6.04 Å². The van der Waals surface area contributed by atoms with Crippen LogP contribution in [0.25, 0.3) is 0 Å².